The normalized spacial score (nSPS) is 16.4. The summed E-state index contributed by atoms with van der Waals surface area (Å²) in [6, 6.07) is 17.9. The van der Waals surface area contributed by atoms with E-state index in [1.165, 1.54) is 0 Å². The fourth-order valence-corrected chi connectivity index (χ4v) is 3.29. The van der Waals surface area contributed by atoms with Crippen molar-refractivity contribution < 1.29 is 14.3 Å². The Bertz CT molecular complexity index is 1040. The molecule has 146 valence electrons. The van der Waals surface area contributed by atoms with Crippen molar-refractivity contribution in [3.63, 3.8) is 0 Å². The van der Waals surface area contributed by atoms with Crippen molar-refractivity contribution >= 4 is 11.8 Å². The van der Waals surface area contributed by atoms with Crippen LogP contribution >= 0.6 is 0 Å². The Morgan fingerprint density at radius 1 is 1.07 bits per heavy atom. The van der Waals surface area contributed by atoms with Crippen LogP contribution in [0.5, 0.6) is 0 Å². The summed E-state index contributed by atoms with van der Waals surface area (Å²) in [4.78, 5) is 34.7. The average Bonchev–Trinajstić information content (AvgIpc) is 2.79. The van der Waals surface area contributed by atoms with Crippen LogP contribution in [-0.2, 0) is 4.74 Å². The molecule has 1 aliphatic rings. The van der Waals surface area contributed by atoms with Gasteiger partial charge in [-0.1, -0.05) is 24.3 Å². The predicted octanol–water partition coefficient (Wildman–Crippen LogP) is 2.46. The van der Waals surface area contributed by atoms with Gasteiger partial charge in [0, 0.05) is 23.9 Å². The van der Waals surface area contributed by atoms with Crippen LogP contribution < -0.4 is 5.73 Å². The van der Waals surface area contributed by atoms with Crippen LogP contribution in [0.3, 0.4) is 0 Å². The van der Waals surface area contributed by atoms with Gasteiger partial charge in [-0.3, -0.25) is 14.6 Å². The molecule has 0 radical (unpaired) electrons. The molecule has 3 aromatic rings. The van der Waals surface area contributed by atoms with Gasteiger partial charge < -0.3 is 15.4 Å². The molecule has 2 aromatic heterocycles. The van der Waals surface area contributed by atoms with Gasteiger partial charge in [0.05, 0.1) is 24.5 Å². The van der Waals surface area contributed by atoms with Crippen molar-refractivity contribution in [2.24, 2.45) is 5.73 Å². The maximum absolute atomic E-state index is 12.7. The molecule has 0 unspecified atom stereocenters. The van der Waals surface area contributed by atoms with Crippen LogP contribution in [0.4, 0.5) is 0 Å². The average molecular weight is 388 g/mol. The third-order valence-electron chi connectivity index (χ3n) is 4.78. The van der Waals surface area contributed by atoms with E-state index in [1.807, 2.05) is 24.3 Å². The largest absolute Gasteiger partial charge is 0.368 e. The zero-order chi connectivity index (χ0) is 20.2. The molecule has 1 saturated heterocycles. The van der Waals surface area contributed by atoms with Crippen molar-refractivity contribution in [3.05, 3.63) is 83.8 Å². The minimum Gasteiger partial charge on any atom is -0.368 e. The summed E-state index contributed by atoms with van der Waals surface area (Å²) < 4.78 is 5.88. The van der Waals surface area contributed by atoms with Gasteiger partial charge in [0.15, 0.2) is 0 Å². The van der Waals surface area contributed by atoms with Gasteiger partial charge in [-0.05, 0) is 36.4 Å². The van der Waals surface area contributed by atoms with Gasteiger partial charge in [-0.2, -0.15) is 0 Å². The van der Waals surface area contributed by atoms with E-state index >= 15 is 0 Å². The topological polar surface area (TPSA) is 98.4 Å². The standard InChI is InChI=1S/C22H20N4O3/c23-21(27)16-6-3-5-15(13-16)17-8-4-9-18(25-17)20-14-26(11-12-29-20)22(28)19-7-1-2-10-24-19/h1-10,13,20H,11-12,14H2,(H2,23,27)/t20-/m0/s1. The van der Waals surface area contributed by atoms with Gasteiger partial charge in [0.1, 0.15) is 11.8 Å². The molecule has 2 N–H and O–H groups in total. The number of ether oxygens (including phenoxy) is 1. The molecule has 3 heterocycles. The van der Waals surface area contributed by atoms with Crippen LogP contribution in [0.2, 0.25) is 0 Å². The number of carbonyl (C=O) groups excluding carboxylic acids is 2. The Balaban J connectivity index is 1.56. The van der Waals surface area contributed by atoms with Crippen molar-refractivity contribution in [2.45, 2.75) is 6.10 Å². The number of aromatic nitrogens is 2. The first-order valence-corrected chi connectivity index (χ1v) is 9.31. The van der Waals surface area contributed by atoms with Crippen LogP contribution in [0.25, 0.3) is 11.3 Å². The summed E-state index contributed by atoms with van der Waals surface area (Å²) in [5.74, 6) is -0.605. The van der Waals surface area contributed by atoms with Crippen LogP contribution in [0.1, 0.15) is 32.6 Å². The van der Waals surface area contributed by atoms with Crippen molar-refractivity contribution in [1.82, 2.24) is 14.9 Å². The highest BCUT2D eigenvalue weighted by Gasteiger charge is 2.27. The lowest BCUT2D eigenvalue weighted by Gasteiger charge is -2.32. The molecule has 1 atom stereocenters. The molecule has 7 heteroatoms. The minimum atomic E-state index is -0.484. The van der Waals surface area contributed by atoms with Gasteiger partial charge in [-0.25, -0.2) is 4.98 Å². The van der Waals surface area contributed by atoms with Crippen molar-refractivity contribution in [3.8, 4) is 11.3 Å². The molecule has 1 aromatic carbocycles. The Morgan fingerprint density at radius 2 is 1.93 bits per heavy atom. The second-order valence-corrected chi connectivity index (χ2v) is 6.72. The first-order valence-electron chi connectivity index (χ1n) is 9.31. The van der Waals surface area contributed by atoms with E-state index < -0.39 is 5.91 Å². The van der Waals surface area contributed by atoms with E-state index in [-0.39, 0.29) is 12.0 Å². The lowest BCUT2D eigenvalue weighted by Crippen LogP contribution is -2.42. The van der Waals surface area contributed by atoms with E-state index in [2.05, 4.69) is 4.98 Å². The minimum absolute atomic E-state index is 0.121. The Kier molecular flexibility index (Phi) is 5.31. The number of amides is 2. The highest BCUT2D eigenvalue weighted by Crippen LogP contribution is 2.25. The quantitative estimate of drug-likeness (QED) is 0.740. The van der Waals surface area contributed by atoms with Gasteiger partial charge in [0.2, 0.25) is 5.91 Å². The lowest BCUT2D eigenvalue weighted by atomic mass is 10.1. The monoisotopic (exact) mass is 388 g/mol. The Hall–Kier alpha value is -3.58. The summed E-state index contributed by atoms with van der Waals surface area (Å²) in [6.45, 7) is 1.33. The number of benzene rings is 1. The zero-order valence-electron chi connectivity index (χ0n) is 15.7. The number of morpholine rings is 1. The summed E-state index contributed by atoms with van der Waals surface area (Å²) >= 11 is 0. The maximum atomic E-state index is 12.7. The van der Waals surface area contributed by atoms with Gasteiger partial charge >= 0.3 is 0 Å². The number of hydrogen-bond donors (Lipinski definition) is 1. The molecule has 4 rings (SSSR count). The number of hydrogen-bond acceptors (Lipinski definition) is 5. The van der Waals surface area contributed by atoms with Crippen LogP contribution in [0.15, 0.2) is 66.9 Å². The SMILES string of the molecule is NC(=O)c1cccc(-c2cccc([C@@H]3CN(C(=O)c4ccccn4)CCO3)n2)c1. The van der Waals surface area contributed by atoms with E-state index in [0.717, 1.165) is 11.3 Å². The van der Waals surface area contributed by atoms with E-state index in [4.69, 9.17) is 15.5 Å². The molecule has 0 aliphatic carbocycles. The number of carbonyl (C=O) groups is 2. The van der Waals surface area contributed by atoms with Gasteiger partial charge in [0.25, 0.3) is 5.91 Å². The molecule has 29 heavy (non-hydrogen) atoms. The molecule has 1 aliphatic heterocycles. The van der Waals surface area contributed by atoms with E-state index in [0.29, 0.717) is 36.6 Å². The molecule has 2 amide bonds. The second kappa shape index (κ2) is 8.20. The summed E-state index contributed by atoms with van der Waals surface area (Å²) in [5.41, 5.74) is 8.45. The molecule has 1 fully saturated rings. The third-order valence-corrected chi connectivity index (χ3v) is 4.78. The molecular formula is C22H20N4O3. The highest BCUT2D eigenvalue weighted by molar-refractivity contribution is 5.94. The van der Waals surface area contributed by atoms with Crippen molar-refractivity contribution in [1.29, 1.82) is 0 Å². The maximum Gasteiger partial charge on any atom is 0.272 e. The highest BCUT2D eigenvalue weighted by atomic mass is 16.5. The van der Waals surface area contributed by atoms with E-state index in [9.17, 15) is 9.59 Å². The summed E-state index contributed by atoms with van der Waals surface area (Å²) in [7, 11) is 0. The Labute approximate surface area is 168 Å². The predicted molar refractivity (Wildman–Crippen MR) is 107 cm³/mol. The lowest BCUT2D eigenvalue weighted by molar-refractivity contribution is -0.0248. The number of nitrogens with two attached hydrogens (primary N) is 1. The van der Waals surface area contributed by atoms with Gasteiger partial charge in [-0.15, -0.1) is 0 Å². The molecule has 0 saturated carbocycles. The number of primary amides is 1. The van der Waals surface area contributed by atoms with Crippen LogP contribution in [0, 0.1) is 0 Å². The van der Waals surface area contributed by atoms with E-state index in [1.54, 1.807) is 47.5 Å². The number of pyridine rings is 2. The molecule has 0 bridgehead atoms. The number of nitrogens with zero attached hydrogens (tertiary/aromatic N) is 3. The molecule has 0 spiro atoms. The van der Waals surface area contributed by atoms with Crippen molar-refractivity contribution in [2.75, 3.05) is 19.7 Å². The smallest absolute Gasteiger partial charge is 0.272 e. The first-order chi connectivity index (χ1) is 14.1. The first kappa shape index (κ1) is 18.8. The summed E-state index contributed by atoms with van der Waals surface area (Å²) in [5, 5.41) is 0. The summed E-state index contributed by atoms with van der Waals surface area (Å²) in [6.07, 6.45) is 1.27. The molecule has 7 nitrogen and oxygen atoms in total. The third kappa shape index (κ3) is 4.14. The fourth-order valence-electron chi connectivity index (χ4n) is 3.29. The van der Waals surface area contributed by atoms with Crippen LogP contribution in [-0.4, -0.2) is 46.4 Å². The second-order valence-electron chi connectivity index (χ2n) is 6.72. The Morgan fingerprint density at radius 3 is 2.72 bits per heavy atom. The number of rotatable bonds is 4. The fraction of sp³-hybridized carbons (Fsp3) is 0.182. The zero-order valence-corrected chi connectivity index (χ0v) is 15.7. The molecular weight excluding hydrogens is 368 g/mol.